The molecular formula is C27H33ClN2O4S. The number of methoxy groups -OCH3 is 1. The van der Waals surface area contributed by atoms with Crippen LogP contribution in [0.1, 0.15) is 55.1 Å². The van der Waals surface area contributed by atoms with Gasteiger partial charge >= 0.3 is 5.97 Å². The molecule has 1 unspecified atom stereocenters. The van der Waals surface area contributed by atoms with Crippen LogP contribution in [0.5, 0.6) is 5.75 Å². The van der Waals surface area contributed by atoms with Gasteiger partial charge in [-0.05, 0) is 94.2 Å². The average molecular weight is 517 g/mol. The van der Waals surface area contributed by atoms with Crippen molar-refractivity contribution >= 4 is 39.8 Å². The second kappa shape index (κ2) is 11.7. The molecule has 6 nitrogen and oxygen atoms in total. The smallest absolute Gasteiger partial charge is 0.309 e. The highest BCUT2D eigenvalue weighted by Gasteiger charge is 2.41. The molecule has 2 N–H and O–H groups in total. The average Bonchev–Trinajstić information content (AvgIpc) is 3.39. The SMILES string of the molecule is COc1ccc2ncc(Cl)c(C(O)CCC3(C(=O)O)CCN(CCCCc4cccs4)CC3)c2c1. The molecule has 0 spiro atoms. The first-order chi connectivity index (χ1) is 16.9. The van der Waals surface area contributed by atoms with Crippen molar-refractivity contribution in [3.63, 3.8) is 0 Å². The van der Waals surface area contributed by atoms with Crippen molar-refractivity contribution in [3.05, 3.63) is 57.4 Å². The zero-order chi connectivity index (χ0) is 24.8. The number of carboxylic acid groups (broad SMARTS) is 1. The van der Waals surface area contributed by atoms with Crippen molar-refractivity contribution in [1.29, 1.82) is 0 Å². The minimum absolute atomic E-state index is 0.323. The van der Waals surface area contributed by atoms with Gasteiger partial charge in [0, 0.05) is 22.0 Å². The number of carbonyl (C=O) groups is 1. The van der Waals surface area contributed by atoms with Gasteiger partial charge in [-0.1, -0.05) is 17.7 Å². The van der Waals surface area contributed by atoms with Gasteiger partial charge in [0.25, 0.3) is 0 Å². The molecule has 8 heteroatoms. The quantitative estimate of drug-likeness (QED) is 0.306. The van der Waals surface area contributed by atoms with Gasteiger partial charge < -0.3 is 19.8 Å². The van der Waals surface area contributed by atoms with E-state index < -0.39 is 17.5 Å². The number of likely N-dealkylation sites (tertiary alicyclic amines) is 1. The summed E-state index contributed by atoms with van der Waals surface area (Å²) in [5.41, 5.74) is 0.477. The molecule has 0 bridgehead atoms. The lowest BCUT2D eigenvalue weighted by atomic mass is 9.74. The van der Waals surface area contributed by atoms with E-state index in [4.69, 9.17) is 16.3 Å². The molecule has 1 atom stereocenters. The molecule has 0 saturated carbocycles. The summed E-state index contributed by atoms with van der Waals surface area (Å²) in [5.74, 6) is -0.116. The molecule has 35 heavy (non-hydrogen) atoms. The first-order valence-corrected chi connectivity index (χ1v) is 13.5. The first kappa shape index (κ1) is 25.9. The van der Waals surface area contributed by atoms with Crippen molar-refractivity contribution in [2.45, 2.75) is 51.0 Å². The van der Waals surface area contributed by atoms with Gasteiger partial charge in [-0.2, -0.15) is 0 Å². The standard InChI is InChI=1S/C27H33ClN2O4S/c1-34-19-7-8-23-21(17-19)25(22(28)18-29-23)24(31)9-10-27(26(32)33)11-14-30(15-12-27)13-3-2-5-20-6-4-16-35-20/h4,6-8,16-18,24,31H,2-3,5,9-15H2,1H3,(H,32,33). The summed E-state index contributed by atoms with van der Waals surface area (Å²) in [6, 6.07) is 9.73. The van der Waals surface area contributed by atoms with Crippen LogP contribution < -0.4 is 4.74 Å². The van der Waals surface area contributed by atoms with Crippen molar-refractivity contribution in [2.24, 2.45) is 5.41 Å². The third-order valence-electron chi connectivity index (χ3n) is 7.29. The van der Waals surface area contributed by atoms with Gasteiger partial charge in [-0.3, -0.25) is 9.78 Å². The summed E-state index contributed by atoms with van der Waals surface area (Å²) in [7, 11) is 1.59. The summed E-state index contributed by atoms with van der Waals surface area (Å²) in [6.45, 7) is 2.55. The van der Waals surface area contributed by atoms with E-state index >= 15 is 0 Å². The fourth-order valence-electron chi connectivity index (χ4n) is 5.06. The number of piperidine rings is 1. The summed E-state index contributed by atoms with van der Waals surface area (Å²) in [6.07, 6.45) is 5.96. The number of aliphatic carboxylic acids is 1. The minimum Gasteiger partial charge on any atom is -0.497 e. The molecule has 1 aliphatic heterocycles. The largest absolute Gasteiger partial charge is 0.497 e. The van der Waals surface area contributed by atoms with Gasteiger partial charge in [0.15, 0.2) is 0 Å². The maximum absolute atomic E-state index is 12.3. The third kappa shape index (κ3) is 6.15. The van der Waals surface area contributed by atoms with Crippen LogP contribution in [0, 0.1) is 5.41 Å². The molecule has 1 fully saturated rings. The van der Waals surface area contributed by atoms with Gasteiger partial charge in [0.2, 0.25) is 0 Å². The summed E-state index contributed by atoms with van der Waals surface area (Å²) in [4.78, 5) is 20.5. The fraction of sp³-hybridized carbons (Fsp3) is 0.481. The number of rotatable bonds is 11. The first-order valence-electron chi connectivity index (χ1n) is 12.2. The normalized spacial score (nSPS) is 16.9. The van der Waals surface area contributed by atoms with E-state index in [-0.39, 0.29) is 0 Å². The Labute approximate surface area is 215 Å². The number of fused-ring (bicyclic) bond motifs is 1. The van der Waals surface area contributed by atoms with Crippen molar-refractivity contribution < 1.29 is 19.7 Å². The Bertz CT molecular complexity index is 1130. The van der Waals surface area contributed by atoms with E-state index in [2.05, 4.69) is 27.4 Å². The maximum Gasteiger partial charge on any atom is 0.309 e. The number of halogens is 1. The monoisotopic (exact) mass is 516 g/mol. The number of ether oxygens (including phenoxy) is 1. The second-order valence-corrected chi connectivity index (χ2v) is 10.9. The lowest BCUT2D eigenvalue weighted by molar-refractivity contribution is -0.153. The molecule has 0 aliphatic carbocycles. The molecule has 0 amide bonds. The Balaban J connectivity index is 1.35. The molecule has 2 aromatic heterocycles. The number of aromatic nitrogens is 1. The van der Waals surface area contributed by atoms with E-state index in [0.29, 0.717) is 47.5 Å². The predicted octanol–water partition coefficient (Wildman–Crippen LogP) is 5.96. The Morgan fingerprint density at radius 1 is 1.29 bits per heavy atom. The van der Waals surface area contributed by atoms with Crippen LogP contribution in [0.2, 0.25) is 5.02 Å². The number of aliphatic hydroxyl groups is 1. The zero-order valence-corrected chi connectivity index (χ0v) is 21.7. The van der Waals surface area contributed by atoms with Crippen LogP contribution in [0.4, 0.5) is 0 Å². The number of thiophene rings is 1. The lowest BCUT2D eigenvalue weighted by Crippen LogP contribution is -2.44. The predicted molar refractivity (Wildman–Crippen MR) is 140 cm³/mol. The number of carboxylic acids is 1. The molecule has 188 valence electrons. The molecule has 4 rings (SSSR count). The van der Waals surface area contributed by atoms with Crippen molar-refractivity contribution in [3.8, 4) is 5.75 Å². The molecular weight excluding hydrogens is 484 g/mol. The Morgan fingerprint density at radius 2 is 2.09 bits per heavy atom. The van der Waals surface area contributed by atoms with E-state index in [0.717, 1.165) is 44.3 Å². The molecule has 1 aromatic carbocycles. The molecule has 1 saturated heterocycles. The number of nitrogens with zero attached hydrogens (tertiary/aromatic N) is 2. The van der Waals surface area contributed by atoms with Crippen molar-refractivity contribution in [1.82, 2.24) is 9.88 Å². The van der Waals surface area contributed by atoms with Crippen LogP contribution in [-0.2, 0) is 11.2 Å². The van der Waals surface area contributed by atoms with E-state index in [9.17, 15) is 15.0 Å². The highest BCUT2D eigenvalue weighted by molar-refractivity contribution is 7.09. The summed E-state index contributed by atoms with van der Waals surface area (Å²) in [5, 5.41) is 24.4. The molecule has 3 heterocycles. The summed E-state index contributed by atoms with van der Waals surface area (Å²) >= 11 is 8.24. The highest BCUT2D eigenvalue weighted by atomic mass is 35.5. The lowest BCUT2D eigenvalue weighted by Gasteiger charge is -2.39. The molecule has 0 radical (unpaired) electrons. The number of hydrogen-bond donors (Lipinski definition) is 2. The van der Waals surface area contributed by atoms with E-state index in [1.54, 1.807) is 24.6 Å². The van der Waals surface area contributed by atoms with E-state index in [1.807, 2.05) is 18.2 Å². The van der Waals surface area contributed by atoms with Gasteiger partial charge in [0.1, 0.15) is 5.75 Å². The fourth-order valence-corrected chi connectivity index (χ4v) is 6.08. The van der Waals surface area contributed by atoms with Crippen LogP contribution in [0.15, 0.2) is 41.9 Å². The maximum atomic E-state index is 12.3. The number of aliphatic hydroxyl groups excluding tert-OH is 1. The van der Waals surface area contributed by atoms with Crippen LogP contribution >= 0.6 is 22.9 Å². The van der Waals surface area contributed by atoms with Crippen LogP contribution in [-0.4, -0.2) is 52.8 Å². The van der Waals surface area contributed by atoms with Gasteiger partial charge in [-0.25, -0.2) is 0 Å². The molecule has 1 aliphatic rings. The Kier molecular flexibility index (Phi) is 8.65. The Morgan fingerprint density at radius 3 is 2.77 bits per heavy atom. The second-order valence-electron chi connectivity index (χ2n) is 9.42. The Hall–Kier alpha value is -2.19. The third-order valence-corrected chi connectivity index (χ3v) is 8.53. The number of pyridine rings is 1. The highest BCUT2D eigenvalue weighted by Crippen LogP contribution is 2.41. The van der Waals surface area contributed by atoms with Gasteiger partial charge in [-0.15, -0.1) is 11.3 Å². The van der Waals surface area contributed by atoms with Gasteiger partial charge in [0.05, 0.1) is 29.2 Å². The number of benzene rings is 1. The number of aryl methyl sites for hydroxylation is 1. The van der Waals surface area contributed by atoms with Crippen LogP contribution in [0.3, 0.4) is 0 Å². The number of unbranched alkanes of at least 4 members (excludes halogenated alkanes) is 1. The van der Waals surface area contributed by atoms with E-state index in [1.165, 1.54) is 4.88 Å². The zero-order valence-electron chi connectivity index (χ0n) is 20.1. The topological polar surface area (TPSA) is 82.9 Å². The van der Waals surface area contributed by atoms with Crippen molar-refractivity contribution in [2.75, 3.05) is 26.7 Å². The number of hydrogen-bond acceptors (Lipinski definition) is 6. The minimum atomic E-state index is -0.883. The van der Waals surface area contributed by atoms with Crippen LogP contribution in [0.25, 0.3) is 10.9 Å². The molecule has 3 aromatic rings. The summed E-state index contributed by atoms with van der Waals surface area (Å²) < 4.78 is 5.33.